The van der Waals surface area contributed by atoms with Gasteiger partial charge in [-0.05, 0) is 49.6 Å². The molecule has 1 aromatic carbocycles. The standard InChI is InChI=1S/C19H20N4O5S2/c1-12-10-23(11-13(2)27-12)30(25,26)15-7-5-14(6-8-15)17(24)20-19-22-21-18(28-19)16-4-3-9-29-16/h3-9,12-13H,10-11H2,1-2H3,(H,20,22,24)/t12-,13+. The molecule has 0 unspecified atom stereocenters. The molecule has 11 heteroatoms. The number of anilines is 1. The Morgan fingerprint density at radius 2 is 1.83 bits per heavy atom. The second kappa shape index (κ2) is 8.26. The highest BCUT2D eigenvalue weighted by Crippen LogP contribution is 2.25. The van der Waals surface area contributed by atoms with Crippen molar-refractivity contribution in [3.05, 3.63) is 47.3 Å². The Labute approximate surface area is 177 Å². The highest BCUT2D eigenvalue weighted by atomic mass is 32.2. The number of ether oxygens (including phenoxy) is 1. The average molecular weight is 449 g/mol. The molecule has 2 aromatic heterocycles. The number of hydrogen-bond donors (Lipinski definition) is 1. The van der Waals surface area contributed by atoms with Gasteiger partial charge in [-0.2, -0.15) is 4.31 Å². The van der Waals surface area contributed by atoms with Crippen LogP contribution in [-0.4, -0.2) is 54.1 Å². The van der Waals surface area contributed by atoms with Crippen LogP contribution in [-0.2, 0) is 14.8 Å². The first-order valence-corrected chi connectivity index (χ1v) is 11.6. The summed E-state index contributed by atoms with van der Waals surface area (Å²) in [4.78, 5) is 13.4. The van der Waals surface area contributed by atoms with Crippen molar-refractivity contribution < 1.29 is 22.4 Å². The van der Waals surface area contributed by atoms with Crippen molar-refractivity contribution in [3.8, 4) is 10.8 Å². The van der Waals surface area contributed by atoms with Gasteiger partial charge in [-0.15, -0.1) is 16.4 Å². The van der Waals surface area contributed by atoms with Gasteiger partial charge in [-0.1, -0.05) is 11.2 Å². The Hall–Kier alpha value is -2.60. The molecule has 1 aliphatic rings. The highest BCUT2D eigenvalue weighted by molar-refractivity contribution is 7.89. The summed E-state index contributed by atoms with van der Waals surface area (Å²) in [6.45, 7) is 4.26. The minimum Gasteiger partial charge on any atom is -0.402 e. The summed E-state index contributed by atoms with van der Waals surface area (Å²) in [5.74, 6) is -0.162. The molecule has 1 N–H and O–H groups in total. The Balaban J connectivity index is 1.46. The van der Waals surface area contributed by atoms with Crippen molar-refractivity contribution in [2.45, 2.75) is 31.0 Å². The number of morpholine rings is 1. The van der Waals surface area contributed by atoms with Crippen LogP contribution in [0.2, 0.25) is 0 Å². The van der Waals surface area contributed by atoms with Crippen molar-refractivity contribution >= 4 is 33.3 Å². The molecule has 1 fully saturated rings. The lowest BCUT2D eigenvalue weighted by Crippen LogP contribution is -2.48. The Kier molecular flexibility index (Phi) is 5.69. The molecule has 1 aliphatic heterocycles. The zero-order valence-electron chi connectivity index (χ0n) is 16.3. The van der Waals surface area contributed by atoms with E-state index in [1.807, 2.05) is 31.4 Å². The van der Waals surface area contributed by atoms with Gasteiger partial charge < -0.3 is 9.15 Å². The molecule has 0 radical (unpaired) electrons. The topological polar surface area (TPSA) is 115 Å². The van der Waals surface area contributed by atoms with Gasteiger partial charge in [0.2, 0.25) is 10.0 Å². The van der Waals surface area contributed by atoms with E-state index in [1.54, 1.807) is 0 Å². The molecular formula is C19H20N4O5S2. The van der Waals surface area contributed by atoms with Crippen molar-refractivity contribution in [3.63, 3.8) is 0 Å². The maximum atomic E-state index is 12.9. The number of nitrogens with one attached hydrogen (secondary N) is 1. The zero-order valence-corrected chi connectivity index (χ0v) is 17.9. The summed E-state index contributed by atoms with van der Waals surface area (Å²) in [6, 6.07) is 9.39. The van der Waals surface area contributed by atoms with Gasteiger partial charge in [0.25, 0.3) is 11.8 Å². The molecule has 9 nitrogen and oxygen atoms in total. The number of aromatic nitrogens is 2. The summed E-state index contributed by atoms with van der Waals surface area (Å²) < 4.78 is 38.3. The number of nitrogens with zero attached hydrogens (tertiary/aromatic N) is 3. The van der Waals surface area contributed by atoms with Gasteiger partial charge in [-0.25, -0.2) is 8.42 Å². The van der Waals surface area contributed by atoms with Gasteiger partial charge >= 0.3 is 6.01 Å². The normalized spacial score (nSPS) is 20.2. The minimum absolute atomic E-state index is 0.0311. The Bertz CT molecular complexity index is 1120. The van der Waals surface area contributed by atoms with Crippen LogP contribution in [0, 0.1) is 0 Å². The van der Waals surface area contributed by atoms with E-state index in [4.69, 9.17) is 9.15 Å². The lowest BCUT2D eigenvalue weighted by atomic mass is 10.2. The van der Waals surface area contributed by atoms with Crippen molar-refractivity contribution in [1.82, 2.24) is 14.5 Å². The third kappa shape index (κ3) is 4.29. The summed E-state index contributed by atoms with van der Waals surface area (Å²) in [5, 5.41) is 12.1. The summed E-state index contributed by atoms with van der Waals surface area (Å²) in [6.07, 6.45) is -0.357. The van der Waals surface area contributed by atoms with Gasteiger partial charge in [0, 0.05) is 18.7 Å². The fraction of sp³-hybridized carbons (Fsp3) is 0.316. The summed E-state index contributed by atoms with van der Waals surface area (Å²) in [7, 11) is -3.67. The van der Waals surface area contributed by atoms with Crippen LogP contribution >= 0.6 is 11.3 Å². The van der Waals surface area contributed by atoms with Gasteiger partial charge in [0.05, 0.1) is 22.0 Å². The monoisotopic (exact) mass is 448 g/mol. The molecule has 0 aliphatic carbocycles. The van der Waals surface area contributed by atoms with Crippen LogP contribution in [0.4, 0.5) is 6.01 Å². The van der Waals surface area contributed by atoms with Crippen LogP contribution < -0.4 is 5.32 Å². The Morgan fingerprint density at radius 1 is 1.13 bits per heavy atom. The highest BCUT2D eigenvalue weighted by Gasteiger charge is 2.32. The number of rotatable bonds is 5. The first-order chi connectivity index (χ1) is 14.3. The van der Waals surface area contributed by atoms with Crippen LogP contribution in [0.1, 0.15) is 24.2 Å². The number of amides is 1. The average Bonchev–Trinajstić information content (AvgIpc) is 3.39. The summed E-state index contributed by atoms with van der Waals surface area (Å²) in [5.41, 5.74) is 0.272. The van der Waals surface area contributed by atoms with E-state index in [0.29, 0.717) is 19.0 Å². The van der Waals surface area contributed by atoms with E-state index in [2.05, 4.69) is 15.5 Å². The summed E-state index contributed by atoms with van der Waals surface area (Å²) >= 11 is 1.44. The molecule has 30 heavy (non-hydrogen) atoms. The molecule has 4 rings (SSSR count). The lowest BCUT2D eigenvalue weighted by molar-refractivity contribution is -0.0440. The smallest absolute Gasteiger partial charge is 0.322 e. The third-order valence-electron chi connectivity index (χ3n) is 4.52. The van der Waals surface area contributed by atoms with Gasteiger partial charge in [0.1, 0.15) is 0 Å². The number of sulfonamides is 1. The molecule has 0 spiro atoms. The van der Waals surface area contributed by atoms with E-state index in [9.17, 15) is 13.2 Å². The molecule has 1 amide bonds. The van der Waals surface area contributed by atoms with Crippen LogP contribution in [0.3, 0.4) is 0 Å². The maximum absolute atomic E-state index is 12.9. The fourth-order valence-corrected chi connectivity index (χ4v) is 5.43. The van der Waals surface area contributed by atoms with E-state index in [-0.39, 0.29) is 28.7 Å². The number of benzene rings is 1. The molecule has 0 bridgehead atoms. The van der Waals surface area contributed by atoms with Crippen molar-refractivity contribution in [1.29, 1.82) is 0 Å². The number of thiophene rings is 1. The maximum Gasteiger partial charge on any atom is 0.322 e. The number of carbonyl (C=O) groups excluding carboxylic acids is 1. The molecule has 3 aromatic rings. The van der Waals surface area contributed by atoms with E-state index >= 15 is 0 Å². The second-order valence-electron chi connectivity index (χ2n) is 6.95. The van der Waals surface area contributed by atoms with Crippen LogP contribution in [0.5, 0.6) is 0 Å². The fourth-order valence-electron chi connectivity index (χ4n) is 3.20. The predicted molar refractivity (Wildman–Crippen MR) is 111 cm³/mol. The van der Waals surface area contributed by atoms with Crippen LogP contribution in [0.25, 0.3) is 10.8 Å². The van der Waals surface area contributed by atoms with E-state index in [1.165, 1.54) is 39.9 Å². The number of hydrogen-bond acceptors (Lipinski definition) is 8. The van der Waals surface area contributed by atoms with Crippen LogP contribution in [0.15, 0.2) is 51.1 Å². The zero-order chi connectivity index (χ0) is 21.3. The Morgan fingerprint density at radius 3 is 2.47 bits per heavy atom. The first-order valence-electron chi connectivity index (χ1n) is 9.27. The number of carbonyl (C=O) groups is 1. The SMILES string of the molecule is C[C@@H]1CN(S(=O)(=O)c2ccc(C(=O)Nc3nnc(-c4cccs4)o3)cc2)C[C@H](C)O1. The lowest BCUT2D eigenvalue weighted by Gasteiger charge is -2.34. The minimum atomic E-state index is -3.67. The predicted octanol–water partition coefficient (Wildman–Crippen LogP) is 2.85. The first kappa shape index (κ1) is 20.7. The van der Waals surface area contributed by atoms with E-state index < -0.39 is 15.9 Å². The molecule has 1 saturated heterocycles. The van der Waals surface area contributed by atoms with E-state index in [0.717, 1.165) is 4.88 Å². The van der Waals surface area contributed by atoms with Crippen molar-refractivity contribution in [2.75, 3.05) is 18.4 Å². The third-order valence-corrected chi connectivity index (χ3v) is 7.22. The molecule has 158 valence electrons. The largest absolute Gasteiger partial charge is 0.402 e. The van der Waals surface area contributed by atoms with Crippen molar-refractivity contribution in [2.24, 2.45) is 0 Å². The molecule has 3 heterocycles. The van der Waals surface area contributed by atoms with Gasteiger partial charge in [-0.3, -0.25) is 10.1 Å². The molecule has 0 saturated carbocycles. The molecule has 2 atom stereocenters. The second-order valence-corrected chi connectivity index (χ2v) is 9.83. The van der Waals surface area contributed by atoms with Gasteiger partial charge in [0.15, 0.2) is 0 Å². The quantitative estimate of drug-likeness (QED) is 0.638. The molecular weight excluding hydrogens is 428 g/mol.